The number of hydrogen-bond donors (Lipinski definition) is 1. The van der Waals surface area contributed by atoms with Gasteiger partial charge in [-0.2, -0.15) is 0 Å². The Morgan fingerprint density at radius 3 is 2.81 bits per heavy atom. The summed E-state index contributed by atoms with van der Waals surface area (Å²) in [5.74, 6) is 0. The van der Waals surface area contributed by atoms with Crippen LogP contribution in [-0.4, -0.2) is 18.4 Å². The van der Waals surface area contributed by atoms with E-state index in [4.69, 9.17) is 11.6 Å². The van der Waals surface area contributed by atoms with Crippen molar-refractivity contribution in [1.29, 1.82) is 0 Å². The maximum absolute atomic E-state index is 11.7. The van der Waals surface area contributed by atoms with E-state index in [1.165, 1.54) is 18.6 Å². The van der Waals surface area contributed by atoms with Gasteiger partial charge in [-0.3, -0.25) is 0 Å². The lowest BCUT2D eigenvalue weighted by Crippen LogP contribution is -1.97. The average Bonchev–Trinajstić information content (AvgIpc) is 2.69. The maximum atomic E-state index is 11.7. The number of aromatic nitrogens is 2. The monoisotopic (exact) mass is 256 g/mol. The molecule has 0 saturated heterocycles. The standard InChI is InChI=1S/C9H7ClN3O2S/c10-7-2-1-3-8(4-7)13-16(14,15)9-5-11-6-12-9/h1-6H,(H,11,12)/q-1. The molecule has 2 rings (SSSR count). The van der Waals surface area contributed by atoms with Crippen LogP contribution in [0.3, 0.4) is 0 Å². The third kappa shape index (κ3) is 2.34. The number of imidazole rings is 1. The van der Waals surface area contributed by atoms with E-state index in [1.54, 1.807) is 18.2 Å². The molecule has 0 atom stereocenters. The molecule has 0 amide bonds. The van der Waals surface area contributed by atoms with E-state index in [9.17, 15) is 8.42 Å². The van der Waals surface area contributed by atoms with Crippen molar-refractivity contribution in [3.05, 3.63) is 46.5 Å². The predicted octanol–water partition coefficient (Wildman–Crippen LogP) is 2.46. The van der Waals surface area contributed by atoms with Crippen molar-refractivity contribution in [3.8, 4) is 0 Å². The molecule has 1 aromatic heterocycles. The van der Waals surface area contributed by atoms with Crippen molar-refractivity contribution in [1.82, 2.24) is 9.97 Å². The second-order valence-electron chi connectivity index (χ2n) is 2.96. The minimum atomic E-state index is -3.74. The highest BCUT2D eigenvalue weighted by molar-refractivity contribution is 7.94. The molecule has 0 fully saturated rings. The fourth-order valence-corrected chi connectivity index (χ4v) is 2.17. The first-order valence-corrected chi connectivity index (χ1v) is 6.12. The van der Waals surface area contributed by atoms with Crippen molar-refractivity contribution >= 4 is 27.3 Å². The molecule has 2 aromatic rings. The van der Waals surface area contributed by atoms with Gasteiger partial charge in [0.05, 0.1) is 12.5 Å². The number of sulfonamides is 1. The van der Waals surface area contributed by atoms with E-state index >= 15 is 0 Å². The summed E-state index contributed by atoms with van der Waals surface area (Å²) < 4.78 is 27.0. The number of nitrogens with zero attached hydrogens (tertiary/aromatic N) is 2. The molecule has 16 heavy (non-hydrogen) atoms. The van der Waals surface area contributed by atoms with Crippen LogP contribution in [0.2, 0.25) is 5.02 Å². The van der Waals surface area contributed by atoms with Gasteiger partial charge in [0.1, 0.15) is 15.0 Å². The van der Waals surface area contributed by atoms with Crippen LogP contribution in [0.1, 0.15) is 0 Å². The first-order chi connectivity index (χ1) is 7.58. The predicted molar refractivity (Wildman–Crippen MR) is 60.2 cm³/mol. The van der Waals surface area contributed by atoms with Gasteiger partial charge in [0.2, 0.25) is 0 Å². The molecular formula is C9H7ClN3O2S-. The summed E-state index contributed by atoms with van der Waals surface area (Å²) in [7, 11) is -3.74. The fourth-order valence-electron chi connectivity index (χ4n) is 1.11. The molecule has 0 aliphatic rings. The van der Waals surface area contributed by atoms with Crippen LogP contribution in [0.5, 0.6) is 0 Å². The summed E-state index contributed by atoms with van der Waals surface area (Å²) >= 11 is 5.72. The highest BCUT2D eigenvalue weighted by atomic mass is 35.5. The molecule has 0 radical (unpaired) electrons. The number of halogens is 1. The van der Waals surface area contributed by atoms with Crippen LogP contribution in [0.15, 0.2) is 41.8 Å². The number of rotatable bonds is 3. The molecule has 0 bridgehead atoms. The van der Waals surface area contributed by atoms with E-state index < -0.39 is 10.0 Å². The molecule has 0 spiro atoms. The van der Waals surface area contributed by atoms with E-state index in [0.717, 1.165) is 0 Å². The van der Waals surface area contributed by atoms with Gasteiger partial charge in [0.25, 0.3) is 0 Å². The number of H-pyrrole nitrogens is 1. The van der Waals surface area contributed by atoms with Gasteiger partial charge in [-0.05, 0) is 6.07 Å². The molecule has 84 valence electrons. The lowest BCUT2D eigenvalue weighted by molar-refractivity contribution is 0.600. The minimum Gasteiger partial charge on any atom is -0.571 e. The van der Waals surface area contributed by atoms with E-state index in [-0.39, 0.29) is 10.7 Å². The highest BCUT2D eigenvalue weighted by Crippen LogP contribution is 2.28. The third-order valence-corrected chi connectivity index (χ3v) is 3.25. The Balaban J connectivity index is 2.29. The smallest absolute Gasteiger partial charge is 0.140 e. The minimum absolute atomic E-state index is 0.0486. The van der Waals surface area contributed by atoms with Crippen molar-refractivity contribution in [2.24, 2.45) is 0 Å². The topological polar surface area (TPSA) is 76.9 Å². The second kappa shape index (κ2) is 4.15. The molecule has 5 nitrogen and oxygen atoms in total. The lowest BCUT2D eigenvalue weighted by Gasteiger charge is -2.20. The second-order valence-corrected chi connectivity index (χ2v) is 4.97. The number of hydrogen-bond acceptors (Lipinski definition) is 3. The number of nitrogens with one attached hydrogen (secondary N) is 1. The zero-order valence-corrected chi connectivity index (χ0v) is 9.53. The van der Waals surface area contributed by atoms with E-state index in [2.05, 4.69) is 14.7 Å². The zero-order chi connectivity index (χ0) is 11.6. The molecule has 0 aliphatic heterocycles. The third-order valence-electron chi connectivity index (χ3n) is 1.78. The van der Waals surface area contributed by atoms with E-state index in [1.807, 2.05) is 0 Å². The summed E-state index contributed by atoms with van der Waals surface area (Å²) in [6.07, 6.45) is 2.48. The zero-order valence-electron chi connectivity index (χ0n) is 7.96. The van der Waals surface area contributed by atoms with Gasteiger partial charge < -0.3 is 9.71 Å². The summed E-state index contributed by atoms with van der Waals surface area (Å²) in [5, 5.41) is 0.383. The Kier molecular flexibility index (Phi) is 2.84. The van der Waals surface area contributed by atoms with Gasteiger partial charge in [-0.1, -0.05) is 29.8 Å². The summed E-state index contributed by atoms with van der Waals surface area (Å²) in [5.41, 5.74) is 0.280. The molecule has 1 N–H and O–H groups in total. The van der Waals surface area contributed by atoms with Gasteiger partial charge in [-0.25, -0.2) is 13.4 Å². The summed E-state index contributed by atoms with van der Waals surface area (Å²) in [6, 6.07) is 6.29. The largest absolute Gasteiger partial charge is 0.571 e. The van der Waals surface area contributed by atoms with Crippen molar-refractivity contribution in [3.63, 3.8) is 0 Å². The SMILES string of the molecule is O=S(=O)([N-]c1cccc(Cl)c1)c1cnc[nH]1. The molecule has 0 unspecified atom stereocenters. The van der Waals surface area contributed by atoms with Crippen molar-refractivity contribution in [2.75, 3.05) is 0 Å². The molecule has 7 heteroatoms. The Hall–Kier alpha value is -1.53. The molecule has 0 saturated carbocycles. The van der Waals surface area contributed by atoms with Crippen molar-refractivity contribution < 1.29 is 8.42 Å². The number of aromatic amines is 1. The van der Waals surface area contributed by atoms with Crippen LogP contribution in [-0.2, 0) is 10.0 Å². The molecular weight excluding hydrogens is 250 g/mol. The Labute approximate surface area is 97.5 Å². The molecule has 1 heterocycles. The van der Waals surface area contributed by atoms with Gasteiger partial charge in [0.15, 0.2) is 0 Å². The van der Waals surface area contributed by atoms with Crippen LogP contribution >= 0.6 is 11.6 Å². The van der Waals surface area contributed by atoms with E-state index in [0.29, 0.717) is 5.02 Å². The first-order valence-electron chi connectivity index (χ1n) is 4.30. The van der Waals surface area contributed by atoms with Crippen LogP contribution < -0.4 is 0 Å². The fraction of sp³-hybridized carbons (Fsp3) is 0. The maximum Gasteiger partial charge on any atom is 0.140 e. The summed E-state index contributed by atoms with van der Waals surface area (Å²) in [6.45, 7) is 0. The van der Waals surface area contributed by atoms with Crippen LogP contribution in [0.4, 0.5) is 5.69 Å². The average molecular weight is 257 g/mol. The van der Waals surface area contributed by atoms with Gasteiger partial charge in [0, 0.05) is 5.02 Å². The molecule has 0 aliphatic carbocycles. The Bertz CT molecular complexity index is 581. The molecule has 1 aromatic carbocycles. The number of benzene rings is 1. The van der Waals surface area contributed by atoms with Crippen LogP contribution in [0.25, 0.3) is 4.72 Å². The Morgan fingerprint density at radius 1 is 1.38 bits per heavy atom. The quantitative estimate of drug-likeness (QED) is 0.916. The normalized spacial score (nSPS) is 11.3. The highest BCUT2D eigenvalue weighted by Gasteiger charge is 2.05. The van der Waals surface area contributed by atoms with Gasteiger partial charge in [-0.15, -0.1) is 5.69 Å². The Morgan fingerprint density at radius 2 is 2.19 bits per heavy atom. The van der Waals surface area contributed by atoms with Crippen molar-refractivity contribution in [2.45, 2.75) is 5.03 Å². The first kappa shape index (κ1) is 11.0. The summed E-state index contributed by atoms with van der Waals surface area (Å²) in [4.78, 5) is 6.11. The lowest BCUT2D eigenvalue weighted by atomic mass is 10.3. The van der Waals surface area contributed by atoms with Crippen LogP contribution in [0, 0.1) is 0 Å². The van der Waals surface area contributed by atoms with Gasteiger partial charge >= 0.3 is 0 Å².